The van der Waals surface area contributed by atoms with Crippen LogP contribution in [0.25, 0.3) is 0 Å². The molecule has 0 aliphatic heterocycles. The maximum Gasteiger partial charge on any atom is 0.460 e. The number of ether oxygens (including phenoxy) is 1. The first-order valence-corrected chi connectivity index (χ1v) is 7.38. The molecule has 0 aliphatic carbocycles. The molecule has 0 fully saturated rings. The van der Waals surface area contributed by atoms with Crippen molar-refractivity contribution in [2.45, 2.75) is 31.9 Å². The Balaban J connectivity index is 3.28. The lowest BCUT2D eigenvalue weighted by Crippen LogP contribution is -2.57. The predicted octanol–water partition coefficient (Wildman–Crippen LogP) is 3.88. The molecule has 13 heteroatoms. The minimum atomic E-state index is -6.69. The van der Waals surface area contributed by atoms with Gasteiger partial charge in [-0.3, -0.25) is 4.79 Å². The number of esters is 1. The molecule has 1 amide bonds. The lowest BCUT2D eigenvalue weighted by Gasteiger charge is -2.26. The number of halogens is 7. The van der Waals surface area contributed by atoms with Crippen molar-refractivity contribution in [1.29, 1.82) is 5.26 Å². The van der Waals surface area contributed by atoms with E-state index in [1.807, 2.05) is 0 Å². The van der Waals surface area contributed by atoms with Crippen molar-refractivity contribution in [1.82, 2.24) is 0 Å². The van der Waals surface area contributed by atoms with Gasteiger partial charge in [0.1, 0.15) is 15.9 Å². The third-order valence-electron chi connectivity index (χ3n) is 2.98. The van der Waals surface area contributed by atoms with Crippen molar-refractivity contribution < 1.29 is 45.1 Å². The van der Waals surface area contributed by atoms with Crippen molar-refractivity contribution in [2.75, 3.05) is 11.9 Å². The molecule has 1 aromatic rings. The highest BCUT2D eigenvalue weighted by Gasteiger charge is 2.76. The average molecular weight is 406 g/mol. The molecule has 0 spiro atoms. The van der Waals surface area contributed by atoms with Crippen molar-refractivity contribution in [2.24, 2.45) is 0 Å². The first kappa shape index (κ1) is 21.7. The van der Waals surface area contributed by atoms with Gasteiger partial charge in [-0.25, -0.2) is 4.79 Å². The molecule has 0 aliphatic rings. The highest BCUT2D eigenvalue weighted by Crippen LogP contribution is 2.47. The first-order valence-electron chi connectivity index (χ1n) is 6.56. The Hall–Kier alpha value is -2.36. The van der Waals surface area contributed by atoms with Crippen LogP contribution in [0.1, 0.15) is 27.7 Å². The van der Waals surface area contributed by atoms with Gasteiger partial charge in [0, 0.05) is 0 Å². The van der Waals surface area contributed by atoms with E-state index >= 15 is 0 Å². The molecule has 1 N–H and O–H groups in total. The third-order valence-corrected chi connectivity index (χ3v) is 4.17. The topological polar surface area (TPSA) is 79.2 Å². The van der Waals surface area contributed by atoms with Gasteiger partial charge in [-0.15, -0.1) is 11.3 Å². The van der Waals surface area contributed by atoms with E-state index < -0.39 is 40.5 Å². The Kier molecular flexibility index (Phi) is 5.92. The normalized spacial score (nSPS) is 12.5. The van der Waals surface area contributed by atoms with Crippen LogP contribution in [0.3, 0.4) is 0 Å². The molecule has 0 saturated heterocycles. The Morgan fingerprint density at radius 1 is 1.19 bits per heavy atom. The maximum absolute atomic E-state index is 13.3. The molecule has 1 rings (SSSR count). The maximum atomic E-state index is 13.3. The van der Waals surface area contributed by atoms with Crippen LogP contribution >= 0.6 is 11.3 Å². The Morgan fingerprint density at radius 3 is 2.15 bits per heavy atom. The number of carbonyl (C=O) groups excluding carboxylic acids is 2. The molecule has 0 aromatic carbocycles. The summed E-state index contributed by atoms with van der Waals surface area (Å²) in [5.74, 6) is -16.8. The highest BCUT2D eigenvalue weighted by atomic mass is 32.1. The number of rotatable bonds is 5. The summed E-state index contributed by atoms with van der Waals surface area (Å²) in [5, 5.41) is 9.34. The summed E-state index contributed by atoms with van der Waals surface area (Å²) in [7, 11) is 0. The van der Waals surface area contributed by atoms with Crippen molar-refractivity contribution in [3.63, 3.8) is 0 Å². The van der Waals surface area contributed by atoms with Crippen molar-refractivity contribution in [3.05, 3.63) is 16.0 Å². The second-order valence-corrected chi connectivity index (χ2v) is 5.71. The largest absolute Gasteiger partial charge is 0.462 e. The first-order chi connectivity index (χ1) is 11.7. The quantitative estimate of drug-likeness (QED) is 0.595. The standard InChI is InChI=1S/C13H9F7N2O3S/c1-3-25-9(23)7-5(2)6(4-21)8(26-7)22-10(24)11(14,15)12(16,17)13(18,19)20/h3H2,1-2H3,(H,22,24). The molecule has 0 bridgehead atoms. The second kappa shape index (κ2) is 7.10. The molecule has 26 heavy (non-hydrogen) atoms. The number of hydrogen-bond donors (Lipinski definition) is 1. The van der Waals surface area contributed by atoms with Gasteiger partial charge in [0.05, 0.1) is 12.2 Å². The summed E-state index contributed by atoms with van der Waals surface area (Å²) in [6.07, 6.45) is -6.69. The second-order valence-electron chi connectivity index (χ2n) is 4.69. The summed E-state index contributed by atoms with van der Waals surface area (Å²) < 4.78 is 93.4. The molecular weight excluding hydrogens is 397 g/mol. The minimum Gasteiger partial charge on any atom is -0.462 e. The number of nitrogens with zero attached hydrogens (tertiary/aromatic N) is 1. The zero-order valence-corrected chi connectivity index (χ0v) is 13.7. The molecule has 0 atom stereocenters. The van der Waals surface area contributed by atoms with E-state index in [4.69, 9.17) is 5.26 Å². The van der Waals surface area contributed by atoms with E-state index in [2.05, 4.69) is 4.74 Å². The van der Waals surface area contributed by atoms with E-state index in [1.54, 1.807) is 0 Å². The third kappa shape index (κ3) is 3.59. The molecule has 0 saturated carbocycles. The molecular formula is C13H9F7N2O3S. The van der Waals surface area contributed by atoms with Gasteiger partial charge in [-0.05, 0) is 19.4 Å². The number of thiophene rings is 1. The summed E-state index contributed by atoms with van der Waals surface area (Å²) in [5.41, 5.74) is -0.658. The number of carbonyl (C=O) groups is 2. The molecule has 144 valence electrons. The zero-order valence-electron chi connectivity index (χ0n) is 12.9. The van der Waals surface area contributed by atoms with Crippen LogP contribution in [-0.2, 0) is 9.53 Å². The van der Waals surface area contributed by atoms with Gasteiger partial charge in [-0.2, -0.15) is 36.0 Å². The number of alkyl halides is 7. The van der Waals surface area contributed by atoms with Crippen LogP contribution in [0.4, 0.5) is 35.7 Å². The van der Waals surface area contributed by atoms with Crippen LogP contribution < -0.4 is 5.32 Å². The SMILES string of the molecule is CCOC(=O)c1sc(NC(=O)C(F)(F)C(F)(F)C(F)(F)F)c(C#N)c1C. The number of hydrogen-bond acceptors (Lipinski definition) is 5. The van der Waals surface area contributed by atoms with Crippen LogP contribution in [-0.4, -0.2) is 36.5 Å². The van der Waals surface area contributed by atoms with Crippen LogP contribution in [0.15, 0.2) is 0 Å². The van der Waals surface area contributed by atoms with E-state index in [-0.39, 0.29) is 28.4 Å². The minimum absolute atomic E-state index is 0.0877. The van der Waals surface area contributed by atoms with Crippen molar-refractivity contribution >= 4 is 28.2 Å². The number of nitrogens with one attached hydrogen (secondary N) is 1. The van der Waals surface area contributed by atoms with Gasteiger partial charge in [0.25, 0.3) is 0 Å². The zero-order chi connectivity index (χ0) is 20.5. The smallest absolute Gasteiger partial charge is 0.460 e. The van der Waals surface area contributed by atoms with E-state index in [0.717, 1.165) is 5.32 Å². The summed E-state index contributed by atoms with van der Waals surface area (Å²) in [6.45, 7) is 2.53. The van der Waals surface area contributed by atoms with Gasteiger partial charge >= 0.3 is 29.9 Å². The fourth-order valence-electron chi connectivity index (χ4n) is 1.63. The summed E-state index contributed by atoms with van der Waals surface area (Å²) in [4.78, 5) is 22.7. The number of amides is 1. The van der Waals surface area contributed by atoms with E-state index in [9.17, 15) is 40.3 Å². The Labute approximate surface area is 145 Å². The molecule has 5 nitrogen and oxygen atoms in total. The van der Waals surface area contributed by atoms with E-state index in [1.165, 1.54) is 19.9 Å². The summed E-state index contributed by atoms with van der Waals surface area (Å²) >= 11 is 0.233. The molecule has 0 radical (unpaired) electrons. The fourth-order valence-corrected chi connectivity index (χ4v) is 2.68. The monoisotopic (exact) mass is 406 g/mol. The van der Waals surface area contributed by atoms with Crippen LogP contribution in [0, 0.1) is 18.3 Å². The Morgan fingerprint density at radius 2 is 1.73 bits per heavy atom. The molecule has 1 heterocycles. The van der Waals surface area contributed by atoms with Gasteiger partial charge in [0.2, 0.25) is 0 Å². The Bertz CT molecular complexity index is 765. The van der Waals surface area contributed by atoms with Gasteiger partial charge in [-0.1, -0.05) is 0 Å². The van der Waals surface area contributed by atoms with Crippen LogP contribution in [0.2, 0.25) is 0 Å². The lowest BCUT2D eigenvalue weighted by atomic mass is 10.1. The number of nitriles is 1. The fraction of sp³-hybridized carbons (Fsp3) is 0.462. The number of anilines is 1. The van der Waals surface area contributed by atoms with E-state index in [0.29, 0.717) is 0 Å². The average Bonchev–Trinajstić information content (AvgIpc) is 2.81. The van der Waals surface area contributed by atoms with Gasteiger partial charge in [0.15, 0.2) is 0 Å². The molecule has 0 unspecified atom stereocenters. The summed E-state index contributed by atoms with van der Waals surface area (Å²) in [6, 6.07) is 1.44. The highest BCUT2D eigenvalue weighted by molar-refractivity contribution is 7.18. The van der Waals surface area contributed by atoms with Crippen LogP contribution in [0.5, 0.6) is 0 Å². The molecule has 1 aromatic heterocycles. The van der Waals surface area contributed by atoms with Gasteiger partial charge < -0.3 is 10.1 Å². The predicted molar refractivity (Wildman–Crippen MR) is 74.3 cm³/mol. The van der Waals surface area contributed by atoms with Crippen molar-refractivity contribution in [3.8, 4) is 6.07 Å². The lowest BCUT2D eigenvalue weighted by molar-refractivity contribution is -0.343.